The van der Waals surface area contributed by atoms with E-state index in [1.807, 2.05) is 6.07 Å². The predicted octanol–water partition coefficient (Wildman–Crippen LogP) is 3.24. The van der Waals surface area contributed by atoms with Crippen LogP contribution in [0.15, 0.2) is 34.3 Å². The minimum Gasteiger partial charge on any atom is -0.224 e. The number of sulfone groups is 1. The summed E-state index contributed by atoms with van der Waals surface area (Å²) in [7, 11) is -3.21. The molecule has 1 aromatic rings. The van der Waals surface area contributed by atoms with Crippen molar-refractivity contribution in [2.24, 2.45) is 11.0 Å². The molecule has 0 aliphatic heterocycles. The van der Waals surface area contributed by atoms with Crippen molar-refractivity contribution in [3.8, 4) is 0 Å². The first-order valence-electron chi connectivity index (χ1n) is 5.95. The third kappa shape index (κ3) is 2.66. The monoisotopic (exact) mass is 265 g/mol. The van der Waals surface area contributed by atoms with Crippen LogP contribution >= 0.6 is 0 Å². The van der Waals surface area contributed by atoms with Crippen molar-refractivity contribution < 1.29 is 8.42 Å². The first kappa shape index (κ1) is 12.9. The van der Waals surface area contributed by atoms with E-state index in [9.17, 15) is 8.42 Å². The van der Waals surface area contributed by atoms with Crippen LogP contribution in [-0.4, -0.2) is 14.2 Å². The third-order valence-electron chi connectivity index (χ3n) is 3.18. The van der Waals surface area contributed by atoms with Crippen molar-refractivity contribution in [2.45, 2.75) is 30.7 Å². The molecule has 0 N–H and O–H groups in total. The van der Waals surface area contributed by atoms with Gasteiger partial charge in [-0.05, 0) is 42.0 Å². The summed E-state index contributed by atoms with van der Waals surface area (Å²) in [5, 5.41) is 3.79. The summed E-state index contributed by atoms with van der Waals surface area (Å²) in [6, 6.07) is 6.52. The fourth-order valence-corrected chi connectivity index (χ4v) is 2.89. The van der Waals surface area contributed by atoms with Crippen LogP contribution in [0.5, 0.6) is 0 Å². The molecule has 1 saturated carbocycles. The van der Waals surface area contributed by atoms with Crippen LogP contribution in [0, 0.1) is 5.92 Å². The Labute approximate surface area is 106 Å². The predicted molar refractivity (Wildman–Crippen MR) is 68.8 cm³/mol. The van der Waals surface area contributed by atoms with Gasteiger partial charge in [0.2, 0.25) is 0 Å². The third-order valence-corrected chi connectivity index (χ3v) is 4.92. The highest BCUT2D eigenvalue weighted by Gasteiger charge is 2.32. The molecule has 0 radical (unpaired) electrons. The van der Waals surface area contributed by atoms with Crippen molar-refractivity contribution in [1.82, 2.24) is 0 Å². The lowest BCUT2D eigenvalue weighted by Crippen LogP contribution is -2.05. The second-order valence-electron chi connectivity index (χ2n) is 4.46. The van der Waals surface area contributed by atoms with Gasteiger partial charge in [-0.15, -0.1) is 0 Å². The minimum absolute atomic E-state index is 0.0755. The van der Waals surface area contributed by atoms with Gasteiger partial charge in [-0.3, -0.25) is 0 Å². The number of hydrogen-bond donors (Lipinski definition) is 0. The van der Waals surface area contributed by atoms with Crippen LogP contribution in [0.25, 0.3) is 10.4 Å². The molecule has 0 bridgehead atoms. The zero-order chi connectivity index (χ0) is 13.2. The molecule has 6 heteroatoms. The summed E-state index contributed by atoms with van der Waals surface area (Å²) in [4.78, 5) is 3.17. The topological polar surface area (TPSA) is 82.9 Å². The Morgan fingerprint density at radius 2 is 2.22 bits per heavy atom. The maximum absolute atomic E-state index is 11.8. The lowest BCUT2D eigenvalue weighted by atomic mass is 10.0. The van der Waals surface area contributed by atoms with Crippen LogP contribution in [-0.2, 0) is 9.84 Å². The van der Waals surface area contributed by atoms with Gasteiger partial charge in [0.25, 0.3) is 0 Å². The molecule has 18 heavy (non-hydrogen) atoms. The summed E-state index contributed by atoms with van der Waals surface area (Å²) < 4.78 is 23.6. The second kappa shape index (κ2) is 5.00. The van der Waals surface area contributed by atoms with Crippen LogP contribution in [0.2, 0.25) is 0 Å². The van der Waals surface area contributed by atoms with E-state index in [2.05, 4.69) is 10.0 Å². The van der Waals surface area contributed by atoms with Gasteiger partial charge in [-0.1, -0.05) is 24.2 Å². The Bertz CT molecular complexity index is 587. The summed E-state index contributed by atoms with van der Waals surface area (Å²) in [6.07, 6.45) is 2.07. The summed E-state index contributed by atoms with van der Waals surface area (Å²) in [5.74, 6) is 0.437. The van der Waals surface area contributed by atoms with Crippen molar-refractivity contribution >= 4 is 9.84 Å². The van der Waals surface area contributed by atoms with Crippen LogP contribution in [0.4, 0.5) is 0 Å². The number of nitrogens with zero attached hydrogens (tertiary/aromatic N) is 3. The Balaban J connectivity index is 2.40. The molecule has 0 heterocycles. The normalized spacial score (nSPS) is 16.9. The molecule has 0 amide bonds. The number of hydrogen-bond acceptors (Lipinski definition) is 3. The lowest BCUT2D eigenvalue weighted by Gasteiger charge is -2.11. The minimum atomic E-state index is -3.21. The molecule has 0 saturated heterocycles. The fraction of sp³-hybridized carbons (Fsp3) is 0.500. The summed E-state index contributed by atoms with van der Waals surface area (Å²) in [5.41, 5.74) is 9.39. The smallest absolute Gasteiger partial charge is 0.178 e. The van der Waals surface area contributed by atoms with Crippen LogP contribution in [0.3, 0.4) is 0 Å². The van der Waals surface area contributed by atoms with E-state index in [4.69, 9.17) is 5.53 Å². The van der Waals surface area contributed by atoms with Crippen molar-refractivity contribution in [2.75, 3.05) is 5.75 Å². The Kier molecular flexibility index (Phi) is 3.59. The van der Waals surface area contributed by atoms with E-state index in [1.165, 1.54) is 0 Å². The maximum Gasteiger partial charge on any atom is 0.178 e. The van der Waals surface area contributed by atoms with Crippen molar-refractivity contribution in [1.29, 1.82) is 0 Å². The molecule has 1 aromatic carbocycles. The zero-order valence-corrected chi connectivity index (χ0v) is 11.0. The molecule has 0 aromatic heterocycles. The van der Waals surface area contributed by atoms with Gasteiger partial charge in [0, 0.05) is 4.91 Å². The van der Waals surface area contributed by atoms with E-state index < -0.39 is 9.84 Å². The zero-order valence-electron chi connectivity index (χ0n) is 10.2. The quantitative estimate of drug-likeness (QED) is 0.465. The van der Waals surface area contributed by atoms with Crippen LogP contribution < -0.4 is 0 Å². The van der Waals surface area contributed by atoms with Crippen molar-refractivity contribution in [3.05, 3.63) is 40.3 Å². The summed E-state index contributed by atoms with van der Waals surface area (Å²) >= 11 is 0. The highest BCUT2D eigenvalue weighted by atomic mass is 32.2. The molecular formula is C12H15N3O2S. The standard InChI is InChI=1S/C12H15N3O2S/c1-2-18(16,17)11-5-3-4-10(8-11)12(14-15-13)9-6-7-9/h3-5,8-9,12H,2,6-7H2,1H3. The molecule has 1 aliphatic carbocycles. The molecule has 5 nitrogen and oxygen atoms in total. The van der Waals surface area contributed by atoms with Crippen molar-refractivity contribution in [3.63, 3.8) is 0 Å². The fourth-order valence-electron chi connectivity index (χ4n) is 1.96. The highest BCUT2D eigenvalue weighted by Crippen LogP contribution is 2.43. The summed E-state index contributed by atoms with van der Waals surface area (Å²) in [6.45, 7) is 1.62. The molecule has 96 valence electrons. The van der Waals surface area contributed by atoms with E-state index in [-0.39, 0.29) is 11.8 Å². The van der Waals surface area contributed by atoms with Gasteiger partial charge in [0.05, 0.1) is 16.7 Å². The molecule has 0 spiro atoms. The average molecular weight is 265 g/mol. The van der Waals surface area contributed by atoms with Gasteiger partial charge in [0.15, 0.2) is 9.84 Å². The molecule has 1 aliphatic rings. The molecule has 1 unspecified atom stereocenters. The first-order chi connectivity index (χ1) is 8.58. The van der Waals surface area contributed by atoms with Gasteiger partial charge < -0.3 is 0 Å². The SMILES string of the molecule is CCS(=O)(=O)c1cccc(C(N=[N+]=[N-])C2CC2)c1. The van der Waals surface area contributed by atoms with E-state index in [1.54, 1.807) is 25.1 Å². The first-order valence-corrected chi connectivity index (χ1v) is 7.60. The van der Waals surface area contributed by atoms with E-state index in [0.717, 1.165) is 18.4 Å². The van der Waals surface area contributed by atoms with Gasteiger partial charge in [-0.25, -0.2) is 8.42 Å². The number of rotatable bonds is 5. The second-order valence-corrected chi connectivity index (χ2v) is 6.74. The number of azide groups is 1. The highest BCUT2D eigenvalue weighted by molar-refractivity contribution is 7.91. The maximum atomic E-state index is 11.8. The Hall–Kier alpha value is -1.52. The molecule has 1 atom stereocenters. The van der Waals surface area contributed by atoms with Gasteiger partial charge in [-0.2, -0.15) is 0 Å². The molecule has 2 rings (SSSR count). The Morgan fingerprint density at radius 3 is 2.78 bits per heavy atom. The molecule has 1 fully saturated rings. The molecular weight excluding hydrogens is 250 g/mol. The Morgan fingerprint density at radius 1 is 1.50 bits per heavy atom. The lowest BCUT2D eigenvalue weighted by molar-refractivity contribution is 0.595. The van der Waals surface area contributed by atoms with E-state index in [0.29, 0.717) is 10.8 Å². The van der Waals surface area contributed by atoms with Gasteiger partial charge >= 0.3 is 0 Å². The largest absolute Gasteiger partial charge is 0.224 e. The average Bonchev–Trinajstić information content (AvgIpc) is 3.20. The van der Waals surface area contributed by atoms with Gasteiger partial charge in [0.1, 0.15) is 0 Å². The van der Waals surface area contributed by atoms with Crippen LogP contribution in [0.1, 0.15) is 31.4 Å². The number of benzene rings is 1. The van der Waals surface area contributed by atoms with E-state index >= 15 is 0 Å².